The van der Waals surface area contributed by atoms with Crippen LogP contribution in [0.4, 0.5) is 0 Å². The molecule has 0 spiro atoms. The van der Waals surface area contributed by atoms with E-state index in [1.165, 1.54) is 19.3 Å². The summed E-state index contributed by atoms with van der Waals surface area (Å²) in [4.78, 5) is 2.32. The van der Waals surface area contributed by atoms with Crippen LogP contribution in [0.1, 0.15) is 39.0 Å². The monoisotopic (exact) mass is 246 g/mol. The number of hydrogen-bond donors (Lipinski definition) is 1. The smallest absolute Gasteiger partial charge is 0.213 e. The number of sulfonamides is 1. The summed E-state index contributed by atoms with van der Waals surface area (Å²) in [6.07, 6.45) is 5.31. The van der Waals surface area contributed by atoms with Crippen molar-refractivity contribution in [2.75, 3.05) is 13.1 Å². The summed E-state index contributed by atoms with van der Waals surface area (Å²) in [5.41, 5.74) is 0. The van der Waals surface area contributed by atoms with E-state index in [1.54, 1.807) is 0 Å². The normalized spacial score (nSPS) is 37.0. The first-order valence-corrected chi connectivity index (χ1v) is 7.90. The van der Waals surface area contributed by atoms with Crippen LogP contribution in [0.15, 0.2) is 0 Å². The van der Waals surface area contributed by atoms with E-state index < -0.39 is 10.0 Å². The molecule has 3 atom stereocenters. The highest BCUT2D eigenvalue weighted by molar-refractivity contribution is 7.89. The molecule has 94 valence electrons. The molecule has 0 aromatic carbocycles. The molecule has 5 heteroatoms. The number of nitrogens with two attached hydrogens (primary N) is 1. The van der Waals surface area contributed by atoms with Gasteiger partial charge in [-0.05, 0) is 44.7 Å². The third kappa shape index (κ3) is 2.26. The number of likely N-dealkylation sites (tertiary alicyclic amines) is 1. The maximum Gasteiger partial charge on any atom is 0.213 e. The Kier molecular flexibility index (Phi) is 3.56. The second kappa shape index (κ2) is 4.63. The fourth-order valence-corrected chi connectivity index (χ4v) is 4.79. The van der Waals surface area contributed by atoms with Crippen LogP contribution in [0.5, 0.6) is 0 Å². The highest BCUT2D eigenvalue weighted by atomic mass is 32.2. The molecule has 0 aromatic heterocycles. The van der Waals surface area contributed by atoms with Crippen molar-refractivity contribution in [3.8, 4) is 0 Å². The fraction of sp³-hybridized carbons (Fsp3) is 1.00. The molecule has 2 aliphatic rings. The third-order valence-electron chi connectivity index (χ3n) is 4.20. The molecule has 0 unspecified atom stereocenters. The number of fused-ring (bicyclic) bond motifs is 1. The van der Waals surface area contributed by atoms with Crippen molar-refractivity contribution >= 4 is 10.0 Å². The van der Waals surface area contributed by atoms with E-state index >= 15 is 0 Å². The second-order valence-corrected chi connectivity index (χ2v) is 6.86. The Morgan fingerprint density at radius 1 is 1.25 bits per heavy atom. The average molecular weight is 246 g/mol. The van der Waals surface area contributed by atoms with Crippen LogP contribution < -0.4 is 5.14 Å². The van der Waals surface area contributed by atoms with Crippen molar-refractivity contribution in [3.63, 3.8) is 0 Å². The first-order chi connectivity index (χ1) is 7.54. The van der Waals surface area contributed by atoms with Crippen molar-refractivity contribution in [2.24, 2.45) is 11.1 Å². The van der Waals surface area contributed by atoms with E-state index in [0.29, 0.717) is 5.92 Å². The predicted octanol–water partition coefficient (Wildman–Crippen LogP) is 0.928. The summed E-state index contributed by atoms with van der Waals surface area (Å²) < 4.78 is 23.3. The van der Waals surface area contributed by atoms with Gasteiger partial charge in [-0.2, -0.15) is 0 Å². The standard InChI is InChI=1S/C11H22N2O2S/c1-2-13-8-4-6-9-5-3-7-10(11(9)13)16(12,14)15/h9-11H,2-8H2,1H3,(H2,12,14,15)/t9-,10+,11-/m0/s1. The maximum absolute atomic E-state index is 11.7. The molecule has 2 N–H and O–H groups in total. The summed E-state index contributed by atoms with van der Waals surface area (Å²) in [5, 5.41) is 5.05. The molecule has 1 saturated heterocycles. The highest BCUT2D eigenvalue weighted by Gasteiger charge is 2.43. The quantitative estimate of drug-likeness (QED) is 0.788. The van der Waals surface area contributed by atoms with E-state index in [9.17, 15) is 8.42 Å². The van der Waals surface area contributed by atoms with E-state index in [2.05, 4.69) is 11.8 Å². The van der Waals surface area contributed by atoms with Gasteiger partial charge in [0.25, 0.3) is 0 Å². The second-order valence-electron chi connectivity index (χ2n) is 5.08. The van der Waals surface area contributed by atoms with Gasteiger partial charge in [-0.25, -0.2) is 13.6 Å². The highest BCUT2D eigenvalue weighted by Crippen LogP contribution is 2.37. The lowest BCUT2D eigenvalue weighted by atomic mass is 9.78. The van der Waals surface area contributed by atoms with Gasteiger partial charge >= 0.3 is 0 Å². The summed E-state index contributed by atoms with van der Waals surface area (Å²) in [6.45, 7) is 4.08. The van der Waals surface area contributed by atoms with Crippen LogP contribution in [0.25, 0.3) is 0 Å². The van der Waals surface area contributed by atoms with E-state index in [1.807, 2.05) is 0 Å². The van der Waals surface area contributed by atoms with Gasteiger partial charge in [0.15, 0.2) is 0 Å². The molecular formula is C11H22N2O2S. The van der Waals surface area contributed by atoms with E-state index in [0.717, 1.165) is 25.9 Å². The van der Waals surface area contributed by atoms with Crippen LogP contribution in [0.2, 0.25) is 0 Å². The number of rotatable bonds is 2. The summed E-state index contributed by atoms with van der Waals surface area (Å²) in [5.74, 6) is 0.547. The predicted molar refractivity (Wildman–Crippen MR) is 64.5 cm³/mol. The molecule has 1 aliphatic heterocycles. The summed E-state index contributed by atoms with van der Waals surface area (Å²) >= 11 is 0. The van der Waals surface area contributed by atoms with Gasteiger partial charge in [0, 0.05) is 6.04 Å². The van der Waals surface area contributed by atoms with Gasteiger partial charge in [-0.15, -0.1) is 0 Å². The van der Waals surface area contributed by atoms with E-state index in [4.69, 9.17) is 5.14 Å². The van der Waals surface area contributed by atoms with Gasteiger partial charge in [0.1, 0.15) is 0 Å². The van der Waals surface area contributed by atoms with Crippen LogP contribution in [-0.4, -0.2) is 37.7 Å². The molecule has 1 aliphatic carbocycles. The Morgan fingerprint density at radius 2 is 1.94 bits per heavy atom. The van der Waals surface area contributed by atoms with Gasteiger partial charge in [0.05, 0.1) is 5.25 Å². The fourth-order valence-electron chi connectivity index (χ4n) is 3.51. The van der Waals surface area contributed by atoms with Crippen LogP contribution in [0, 0.1) is 5.92 Å². The van der Waals surface area contributed by atoms with Gasteiger partial charge in [0.2, 0.25) is 10.0 Å². The first-order valence-electron chi connectivity index (χ1n) is 6.29. The molecule has 16 heavy (non-hydrogen) atoms. The van der Waals surface area contributed by atoms with E-state index in [-0.39, 0.29) is 11.3 Å². The Balaban J connectivity index is 2.25. The minimum atomic E-state index is -3.38. The molecule has 2 rings (SSSR count). The van der Waals surface area contributed by atoms with Crippen molar-refractivity contribution in [1.29, 1.82) is 0 Å². The van der Waals surface area contributed by atoms with Crippen LogP contribution in [-0.2, 0) is 10.0 Å². The molecule has 0 bridgehead atoms. The molecule has 1 saturated carbocycles. The number of nitrogens with zero attached hydrogens (tertiary/aromatic N) is 1. The summed E-state index contributed by atoms with van der Waals surface area (Å²) in [6, 6.07) is 0.183. The Hall–Kier alpha value is -0.130. The molecular weight excluding hydrogens is 224 g/mol. The lowest BCUT2D eigenvalue weighted by Crippen LogP contribution is -2.57. The lowest BCUT2D eigenvalue weighted by molar-refractivity contribution is 0.0683. The largest absolute Gasteiger partial charge is 0.299 e. The molecule has 1 heterocycles. The van der Waals surface area contributed by atoms with Crippen LogP contribution in [0.3, 0.4) is 0 Å². The summed E-state index contributed by atoms with van der Waals surface area (Å²) in [7, 11) is -3.38. The zero-order chi connectivity index (χ0) is 11.8. The number of hydrogen-bond acceptors (Lipinski definition) is 3. The zero-order valence-electron chi connectivity index (χ0n) is 9.93. The molecule has 0 radical (unpaired) electrons. The van der Waals surface area contributed by atoms with Gasteiger partial charge in [-0.1, -0.05) is 13.3 Å². The van der Waals surface area contributed by atoms with Gasteiger partial charge < -0.3 is 0 Å². The average Bonchev–Trinajstić information content (AvgIpc) is 2.26. The van der Waals surface area contributed by atoms with Crippen molar-refractivity contribution in [2.45, 2.75) is 50.3 Å². The Morgan fingerprint density at radius 3 is 2.56 bits per heavy atom. The first kappa shape index (κ1) is 12.3. The topological polar surface area (TPSA) is 63.4 Å². The Bertz CT molecular complexity index is 333. The molecule has 0 amide bonds. The maximum atomic E-state index is 11.7. The molecule has 4 nitrogen and oxygen atoms in total. The van der Waals surface area contributed by atoms with Crippen molar-refractivity contribution in [3.05, 3.63) is 0 Å². The molecule has 0 aromatic rings. The van der Waals surface area contributed by atoms with Crippen molar-refractivity contribution < 1.29 is 8.42 Å². The van der Waals surface area contributed by atoms with Gasteiger partial charge in [-0.3, -0.25) is 4.90 Å². The zero-order valence-corrected chi connectivity index (χ0v) is 10.7. The number of piperidine rings is 1. The number of primary sulfonamides is 1. The third-order valence-corrected chi connectivity index (χ3v) is 5.56. The minimum Gasteiger partial charge on any atom is -0.299 e. The van der Waals surface area contributed by atoms with Crippen molar-refractivity contribution in [1.82, 2.24) is 4.90 Å². The lowest BCUT2D eigenvalue weighted by Gasteiger charge is -2.47. The minimum absolute atomic E-state index is 0.183. The SMILES string of the molecule is CCN1CCC[C@@H]2CCC[C@@H](S(N)(=O)=O)[C@H]21. The Labute approximate surface area is 98.2 Å². The molecule has 2 fully saturated rings. The van der Waals surface area contributed by atoms with Crippen LogP contribution >= 0.6 is 0 Å².